The molecule has 0 atom stereocenters. The quantitative estimate of drug-likeness (QED) is 0.206. The SMILES string of the molecule is CCOc1cc(NC(C)=O)ccc1C=NNC(=N)NN=Cc1ccc(NC(C)=O)cc1OCC. The van der Waals surface area contributed by atoms with Crippen molar-refractivity contribution in [2.24, 2.45) is 10.2 Å². The number of amides is 2. The molecule has 2 rings (SSSR count). The molecule has 0 unspecified atom stereocenters. The van der Waals surface area contributed by atoms with E-state index >= 15 is 0 Å². The minimum absolute atomic E-state index is 0.159. The van der Waals surface area contributed by atoms with E-state index in [1.807, 2.05) is 13.8 Å². The topological polar surface area (TPSA) is 149 Å². The molecule has 5 N–H and O–H groups in total. The highest BCUT2D eigenvalue weighted by Gasteiger charge is 2.06. The normalized spacial score (nSPS) is 10.7. The molecule has 0 aliphatic heterocycles. The van der Waals surface area contributed by atoms with Crippen LogP contribution in [0.25, 0.3) is 0 Å². The summed E-state index contributed by atoms with van der Waals surface area (Å²) in [6, 6.07) is 10.4. The van der Waals surface area contributed by atoms with Crippen molar-refractivity contribution in [2.45, 2.75) is 27.7 Å². The Balaban J connectivity index is 1.99. The molecule has 0 saturated carbocycles. The van der Waals surface area contributed by atoms with Crippen LogP contribution in [-0.4, -0.2) is 43.4 Å². The summed E-state index contributed by atoms with van der Waals surface area (Å²) in [5.41, 5.74) is 7.61. The van der Waals surface area contributed by atoms with Crippen molar-refractivity contribution < 1.29 is 19.1 Å². The van der Waals surface area contributed by atoms with Crippen LogP contribution >= 0.6 is 0 Å². The average molecular weight is 468 g/mol. The molecule has 2 aromatic rings. The van der Waals surface area contributed by atoms with E-state index in [2.05, 4.69) is 31.7 Å². The fourth-order valence-electron chi connectivity index (χ4n) is 2.76. The lowest BCUT2D eigenvalue weighted by Crippen LogP contribution is -2.29. The molecule has 11 heteroatoms. The zero-order valence-corrected chi connectivity index (χ0v) is 19.6. The Morgan fingerprint density at radius 3 is 1.59 bits per heavy atom. The van der Waals surface area contributed by atoms with Crippen LogP contribution in [-0.2, 0) is 9.59 Å². The number of carbonyl (C=O) groups is 2. The van der Waals surface area contributed by atoms with Gasteiger partial charge in [-0.15, -0.1) is 0 Å². The predicted octanol–water partition coefficient (Wildman–Crippen LogP) is 2.88. The molecule has 11 nitrogen and oxygen atoms in total. The van der Waals surface area contributed by atoms with Crippen molar-refractivity contribution in [1.29, 1.82) is 5.41 Å². The first-order chi connectivity index (χ1) is 16.3. The molecule has 180 valence electrons. The number of ether oxygens (including phenoxy) is 2. The van der Waals surface area contributed by atoms with Gasteiger partial charge in [-0.1, -0.05) is 0 Å². The largest absolute Gasteiger partial charge is 0.493 e. The summed E-state index contributed by atoms with van der Waals surface area (Å²) in [5.74, 6) is 0.574. The van der Waals surface area contributed by atoms with Crippen molar-refractivity contribution in [2.75, 3.05) is 23.8 Å². The number of anilines is 2. The van der Waals surface area contributed by atoms with Gasteiger partial charge in [-0.25, -0.2) is 10.9 Å². The van der Waals surface area contributed by atoms with Gasteiger partial charge in [0.1, 0.15) is 11.5 Å². The minimum atomic E-state index is -0.178. The van der Waals surface area contributed by atoms with Gasteiger partial charge in [0.15, 0.2) is 0 Å². The second-order valence-electron chi connectivity index (χ2n) is 6.85. The average Bonchev–Trinajstić information content (AvgIpc) is 2.76. The Kier molecular flexibility index (Phi) is 10.0. The summed E-state index contributed by atoms with van der Waals surface area (Å²) in [6.45, 7) is 7.45. The lowest BCUT2D eigenvalue weighted by Gasteiger charge is -2.10. The van der Waals surface area contributed by atoms with Gasteiger partial charge >= 0.3 is 0 Å². The van der Waals surface area contributed by atoms with Crippen LogP contribution in [0.15, 0.2) is 46.6 Å². The number of hydrazone groups is 2. The van der Waals surface area contributed by atoms with E-state index < -0.39 is 0 Å². The maximum atomic E-state index is 11.2. The van der Waals surface area contributed by atoms with E-state index in [1.54, 1.807) is 36.4 Å². The molecular weight excluding hydrogens is 438 g/mol. The maximum Gasteiger partial charge on any atom is 0.230 e. The zero-order valence-electron chi connectivity index (χ0n) is 19.6. The number of rotatable bonds is 10. The van der Waals surface area contributed by atoms with Crippen LogP contribution in [0.4, 0.5) is 11.4 Å². The zero-order chi connectivity index (χ0) is 24.9. The van der Waals surface area contributed by atoms with Gasteiger partial charge < -0.3 is 20.1 Å². The van der Waals surface area contributed by atoms with Crippen molar-refractivity contribution >= 4 is 41.6 Å². The van der Waals surface area contributed by atoms with E-state index in [-0.39, 0.29) is 17.8 Å². The Morgan fingerprint density at radius 1 is 0.824 bits per heavy atom. The molecule has 0 heterocycles. The molecule has 0 aromatic heterocycles. The molecular formula is C23H29N7O4. The summed E-state index contributed by atoms with van der Waals surface area (Å²) < 4.78 is 11.2. The third-order valence-electron chi connectivity index (χ3n) is 4.03. The van der Waals surface area contributed by atoms with Gasteiger partial charge in [-0.3, -0.25) is 15.0 Å². The smallest absolute Gasteiger partial charge is 0.230 e. The van der Waals surface area contributed by atoms with Crippen LogP contribution in [0.3, 0.4) is 0 Å². The van der Waals surface area contributed by atoms with Gasteiger partial charge in [0.2, 0.25) is 17.8 Å². The first-order valence-electron chi connectivity index (χ1n) is 10.6. The van der Waals surface area contributed by atoms with Gasteiger partial charge in [0, 0.05) is 48.5 Å². The van der Waals surface area contributed by atoms with Crippen molar-refractivity contribution in [1.82, 2.24) is 10.9 Å². The number of carbonyl (C=O) groups excluding carboxylic acids is 2. The second-order valence-corrected chi connectivity index (χ2v) is 6.85. The van der Waals surface area contributed by atoms with Crippen LogP contribution in [0, 0.1) is 5.41 Å². The minimum Gasteiger partial charge on any atom is -0.493 e. The Labute approximate surface area is 198 Å². The molecule has 0 saturated heterocycles. The number of hydrogen-bond donors (Lipinski definition) is 5. The maximum absolute atomic E-state index is 11.2. The predicted molar refractivity (Wildman–Crippen MR) is 133 cm³/mol. The van der Waals surface area contributed by atoms with Crippen molar-refractivity contribution in [3.63, 3.8) is 0 Å². The summed E-state index contributed by atoms with van der Waals surface area (Å²) in [6.07, 6.45) is 2.99. The highest BCUT2D eigenvalue weighted by atomic mass is 16.5. The summed E-state index contributed by atoms with van der Waals surface area (Å²) in [5, 5.41) is 21.3. The van der Waals surface area contributed by atoms with E-state index in [0.717, 1.165) is 0 Å². The fraction of sp³-hybridized carbons (Fsp3) is 0.261. The number of guanidine groups is 1. The highest BCUT2D eigenvalue weighted by Crippen LogP contribution is 2.23. The number of benzene rings is 2. The summed E-state index contributed by atoms with van der Waals surface area (Å²) in [4.78, 5) is 22.5. The summed E-state index contributed by atoms with van der Waals surface area (Å²) >= 11 is 0. The molecule has 0 aliphatic rings. The third-order valence-corrected chi connectivity index (χ3v) is 4.03. The molecule has 0 spiro atoms. The molecule has 0 fully saturated rings. The first-order valence-corrected chi connectivity index (χ1v) is 10.6. The third kappa shape index (κ3) is 8.61. The van der Waals surface area contributed by atoms with E-state index in [9.17, 15) is 9.59 Å². The Bertz CT molecular complexity index is 999. The molecule has 2 aromatic carbocycles. The molecule has 34 heavy (non-hydrogen) atoms. The second kappa shape index (κ2) is 13.2. The van der Waals surface area contributed by atoms with Crippen molar-refractivity contribution in [3.05, 3.63) is 47.5 Å². The number of nitrogens with one attached hydrogen (secondary N) is 5. The summed E-state index contributed by atoms with van der Waals surface area (Å²) in [7, 11) is 0. The van der Waals surface area contributed by atoms with Crippen LogP contribution in [0.5, 0.6) is 11.5 Å². The van der Waals surface area contributed by atoms with E-state index in [0.29, 0.717) is 47.2 Å². The van der Waals surface area contributed by atoms with Crippen LogP contribution < -0.4 is 31.0 Å². The Morgan fingerprint density at radius 2 is 1.24 bits per heavy atom. The van der Waals surface area contributed by atoms with Crippen LogP contribution in [0.1, 0.15) is 38.8 Å². The lowest BCUT2D eigenvalue weighted by atomic mass is 10.2. The van der Waals surface area contributed by atoms with Gasteiger partial charge in [-0.2, -0.15) is 10.2 Å². The first kappa shape index (κ1) is 25.8. The van der Waals surface area contributed by atoms with E-state index in [1.165, 1.54) is 26.3 Å². The molecule has 0 radical (unpaired) electrons. The Hall–Kier alpha value is -4.41. The lowest BCUT2D eigenvalue weighted by molar-refractivity contribution is -0.115. The van der Waals surface area contributed by atoms with Crippen LogP contribution in [0.2, 0.25) is 0 Å². The highest BCUT2D eigenvalue weighted by molar-refractivity contribution is 5.92. The fourth-order valence-corrected chi connectivity index (χ4v) is 2.76. The standard InChI is InChI=1S/C23H29N7O4/c1-5-33-21-11-19(27-15(3)31)9-7-17(21)13-25-29-23(24)30-26-14-18-8-10-20(28-16(4)32)12-22(18)34-6-2/h7-14H,5-6H2,1-4H3,(H,27,31)(H,28,32)(H3,24,29,30). The monoisotopic (exact) mass is 467 g/mol. The molecule has 0 bridgehead atoms. The van der Waals surface area contributed by atoms with Crippen molar-refractivity contribution in [3.8, 4) is 11.5 Å². The number of hydrogen-bond acceptors (Lipinski definition) is 7. The van der Waals surface area contributed by atoms with Gasteiger partial charge in [-0.05, 0) is 38.1 Å². The van der Waals surface area contributed by atoms with E-state index in [4.69, 9.17) is 14.9 Å². The number of nitrogens with zero attached hydrogens (tertiary/aromatic N) is 2. The molecule has 2 amide bonds. The molecule has 0 aliphatic carbocycles. The van der Waals surface area contributed by atoms with Gasteiger partial charge in [0.25, 0.3) is 0 Å². The van der Waals surface area contributed by atoms with Gasteiger partial charge in [0.05, 0.1) is 25.6 Å².